The minimum Gasteiger partial charge on any atom is -0.396 e. The normalized spacial score (nSPS) is 33.2. The Balaban J connectivity index is 2.68. The molecule has 84 valence electrons. The molecule has 14 heavy (non-hydrogen) atoms. The van der Waals surface area contributed by atoms with Crippen LogP contribution < -0.4 is 0 Å². The molecule has 0 spiro atoms. The Hall–Kier alpha value is -0.290. The lowest BCUT2D eigenvalue weighted by Crippen LogP contribution is -2.56. The van der Waals surface area contributed by atoms with E-state index in [0.29, 0.717) is 0 Å². The van der Waals surface area contributed by atoms with Crippen molar-refractivity contribution >= 4 is 0 Å². The van der Waals surface area contributed by atoms with Crippen molar-refractivity contribution in [2.45, 2.75) is 19.3 Å². The number of halogens is 3. The van der Waals surface area contributed by atoms with Gasteiger partial charge in [0.05, 0.1) is 12.0 Å². The molecule has 1 rings (SSSR count). The average molecular weight is 211 g/mol. The Morgan fingerprint density at radius 2 is 2.07 bits per heavy atom. The van der Waals surface area contributed by atoms with Gasteiger partial charge in [-0.2, -0.15) is 0 Å². The highest BCUT2D eigenvalue weighted by atomic mass is 19.3. The Morgan fingerprint density at radius 1 is 1.43 bits per heavy atom. The number of piperidine rings is 1. The molecule has 5 heteroatoms. The first-order valence-corrected chi connectivity index (χ1v) is 4.72. The van der Waals surface area contributed by atoms with E-state index < -0.39 is 24.6 Å². The third-order valence-electron chi connectivity index (χ3n) is 2.95. The fraction of sp³-hybridized carbons (Fsp3) is 1.00. The number of rotatable bonds is 3. The van der Waals surface area contributed by atoms with Crippen molar-refractivity contribution in [2.24, 2.45) is 5.41 Å². The van der Waals surface area contributed by atoms with Gasteiger partial charge in [-0.25, -0.2) is 13.2 Å². The topological polar surface area (TPSA) is 23.5 Å². The van der Waals surface area contributed by atoms with Gasteiger partial charge >= 0.3 is 0 Å². The van der Waals surface area contributed by atoms with Crippen LogP contribution in [0.4, 0.5) is 13.2 Å². The quantitative estimate of drug-likeness (QED) is 0.760. The molecule has 1 aliphatic rings. The van der Waals surface area contributed by atoms with Crippen molar-refractivity contribution in [1.29, 1.82) is 0 Å². The number of aliphatic hydroxyl groups is 1. The predicted molar refractivity (Wildman–Crippen MR) is 47.2 cm³/mol. The summed E-state index contributed by atoms with van der Waals surface area (Å²) >= 11 is 0. The van der Waals surface area contributed by atoms with E-state index in [2.05, 4.69) is 0 Å². The summed E-state index contributed by atoms with van der Waals surface area (Å²) in [4.78, 5) is 1.63. The predicted octanol–water partition coefficient (Wildman–Crippen LogP) is 1.30. The van der Waals surface area contributed by atoms with Gasteiger partial charge in [-0.3, -0.25) is 4.90 Å². The molecule has 0 radical (unpaired) electrons. The maximum Gasteiger partial charge on any atom is 0.258 e. The van der Waals surface area contributed by atoms with Gasteiger partial charge in [0.25, 0.3) is 5.92 Å². The standard InChI is InChI=1S/C9H16F3NO/c1-8(7-14)6-13(5-3-10)4-2-9(8,11)12/h14H,2-7H2,1H3. The number of alkyl halides is 3. The molecule has 1 atom stereocenters. The van der Waals surface area contributed by atoms with Crippen molar-refractivity contribution in [2.75, 3.05) is 32.9 Å². The van der Waals surface area contributed by atoms with Crippen molar-refractivity contribution < 1.29 is 18.3 Å². The zero-order valence-corrected chi connectivity index (χ0v) is 8.27. The summed E-state index contributed by atoms with van der Waals surface area (Å²) < 4.78 is 38.8. The van der Waals surface area contributed by atoms with Crippen LogP contribution in [0, 0.1) is 5.41 Å². The van der Waals surface area contributed by atoms with E-state index in [9.17, 15) is 13.2 Å². The van der Waals surface area contributed by atoms with E-state index in [0.717, 1.165) is 0 Å². The van der Waals surface area contributed by atoms with Gasteiger partial charge in [-0.1, -0.05) is 6.92 Å². The van der Waals surface area contributed by atoms with Crippen molar-refractivity contribution in [3.63, 3.8) is 0 Å². The van der Waals surface area contributed by atoms with Gasteiger partial charge in [0.15, 0.2) is 0 Å². The van der Waals surface area contributed by atoms with E-state index in [4.69, 9.17) is 5.11 Å². The molecular formula is C9H16F3NO. The molecule has 0 amide bonds. The number of hydrogen-bond acceptors (Lipinski definition) is 2. The Bertz CT molecular complexity index is 200. The third-order valence-corrected chi connectivity index (χ3v) is 2.95. The third kappa shape index (κ3) is 2.03. The molecule has 0 saturated carbocycles. The number of aliphatic hydroxyl groups excluding tert-OH is 1. The van der Waals surface area contributed by atoms with E-state index in [1.54, 1.807) is 4.90 Å². The van der Waals surface area contributed by atoms with Crippen LogP contribution in [0.2, 0.25) is 0 Å². The average Bonchev–Trinajstić information content (AvgIpc) is 2.12. The molecule has 1 aliphatic heterocycles. The molecule has 0 aromatic carbocycles. The monoisotopic (exact) mass is 211 g/mol. The molecule has 1 N–H and O–H groups in total. The van der Waals surface area contributed by atoms with Crippen LogP contribution in [0.5, 0.6) is 0 Å². The van der Waals surface area contributed by atoms with Gasteiger partial charge in [0.2, 0.25) is 0 Å². The Morgan fingerprint density at radius 3 is 2.57 bits per heavy atom. The number of nitrogens with zero attached hydrogens (tertiary/aromatic N) is 1. The molecule has 0 aromatic heterocycles. The first-order chi connectivity index (χ1) is 6.45. The molecule has 0 aliphatic carbocycles. The summed E-state index contributed by atoms with van der Waals surface area (Å²) in [5.41, 5.74) is -1.43. The van der Waals surface area contributed by atoms with Crippen LogP contribution in [0.3, 0.4) is 0 Å². The van der Waals surface area contributed by atoms with E-state index in [1.165, 1.54) is 6.92 Å². The van der Waals surface area contributed by atoms with Crippen molar-refractivity contribution in [1.82, 2.24) is 4.90 Å². The van der Waals surface area contributed by atoms with Crippen molar-refractivity contribution in [3.8, 4) is 0 Å². The zero-order chi connectivity index (χ0) is 10.8. The first-order valence-electron chi connectivity index (χ1n) is 4.72. The second kappa shape index (κ2) is 4.06. The van der Waals surface area contributed by atoms with Gasteiger partial charge < -0.3 is 5.11 Å². The Labute approximate surface area is 81.7 Å². The summed E-state index contributed by atoms with van der Waals surface area (Å²) in [7, 11) is 0. The smallest absolute Gasteiger partial charge is 0.258 e. The molecule has 1 unspecified atom stereocenters. The van der Waals surface area contributed by atoms with E-state index >= 15 is 0 Å². The highest BCUT2D eigenvalue weighted by Gasteiger charge is 2.52. The van der Waals surface area contributed by atoms with Gasteiger partial charge in [0.1, 0.15) is 6.67 Å². The fourth-order valence-corrected chi connectivity index (χ4v) is 1.76. The molecule has 0 bridgehead atoms. The molecule has 1 fully saturated rings. The van der Waals surface area contributed by atoms with Crippen LogP contribution in [-0.2, 0) is 0 Å². The van der Waals surface area contributed by atoms with Crippen molar-refractivity contribution in [3.05, 3.63) is 0 Å². The van der Waals surface area contributed by atoms with Crippen LogP contribution in [0.15, 0.2) is 0 Å². The largest absolute Gasteiger partial charge is 0.396 e. The van der Waals surface area contributed by atoms with Gasteiger partial charge in [0, 0.05) is 26.1 Å². The number of hydrogen-bond donors (Lipinski definition) is 1. The second-order valence-electron chi connectivity index (χ2n) is 4.14. The minimum atomic E-state index is -2.85. The highest BCUT2D eigenvalue weighted by Crippen LogP contribution is 2.42. The summed E-state index contributed by atoms with van der Waals surface area (Å²) in [5, 5.41) is 8.97. The number of likely N-dealkylation sites (tertiary alicyclic amines) is 1. The maximum absolute atomic E-state index is 13.4. The summed E-state index contributed by atoms with van der Waals surface area (Å²) in [5.74, 6) is -2.85. The maximum atomic E-state index is 13.4. The second-order valence-corrected chi connectivity index (χ2v) is 4.14. The zero-order valence-electron chi connectivity index (χ0n) is 8.27. The molecular weight excluding hydrogens is 195 g/mol. The first kappa shape index (κ1) is 11.8. The Kier molecular flexibility index (Phi) is 3.42. The molecule has 1 saturated heterocycles. The van der Waals surface area contributed by atoms with Crippen LogP contribution in [-0.4, -0.2) is 48.8 Å². The lowest BCUT2D eigenvalue weighted by molar-refractivity contribution is -0.175. The van der Waals surface area contributed by atoms with Gasteiger partial charge in [-0.05, 0) is 0 Å². The highest BCUT2D eigenvalue weighted by molar-refractivity contribution is 4.95. The molecule has 0 aromatic rings. The minimum absolute atomic E-state index is 0.0560. The van der Waals surface area contributed by atoms with Gasteiger partial charge in [-0.15, -0.1) is 0 Å². The lowest BCUT2D eigenvalue weighted by Gasteiger charge is -2.44. The SMILES string of the molecule is CC1(CO)CN(CCF)CCC1(F)F. The fourth-order valence-electron chi connectivity index (χ4n) is 1.76. The molecule has 1 heterocycles. The van der Waals surface area contributed by atoms with Crippen LogP contribution in [0.25, 0.3) is 0 Å². The summed E-state index contributed by atoms with van der Waals surface area (Å²) in [6.45, 7) is 0.672. The summed E-state index contributed by atoms with van der Waals surface area (Å²) in [6, 6.07) is 0. The van der Waals surface area contributed by atoms with Crippen LogP contribution in [0.1, 0.15) is 13.3 Å². The molecule has 2 nitrogen and oxygen atoms in total. The van der Waals surface area contributed by atoms with E-state index in [1.807, 2.05) is 0 Å². The lowest BCUT2D eigenvalue weighted by atomic mass is 9.79. The summed E-state index contributed by atoms with van der Waals surface area (Å²) in [6.07, 6.45) is -0.302. The van der Waals surface area contributed by atoms with Crippen LogP contribution >= 0.6 is 0 Å². The van der Waals surface area contributed by atoms with E-state index in [-0.39, 0.29) is 26.1 Å².